The van der Waals surface area contributed by atoms with E-state index in [4.69, 9.17) is 4.74 Å². The van der Waals surface area contributed by atoms with Crippen LogP contribution in [0.4, 0.5) is 0 Å². The number of carbonyl (C=O) groups is 1. The van der Waals surface area contributed by atoms with Crippen molar-refractivity contribution >= 4 is 16.1 Å². The molecular formula is C12H19NO5S. The van der Waals surface area contributed by atoms with Crippen LogP contribution >= 0.6 is 0 Å². The third-order valence-corrected chi connectivity index (χ3v) is 2.51. The van der Waals surface area contributed by atoms with E-state index in [2.05, 4.69) is 21.1 Å². The van der Waals surface area contributed by atoms with Crippen molar-refractivity contribution in [2.45, 2.75) is 18.2 Å². The fraction of sp³-hybridized carbons (Fsp3) is 0.417. The third kappa shape index (κ3) is 7.55. The summed E-state index contributed by atoms with van der Waals surface area (Å²) in [4.78, 5) is 11.8. The highest BCUT2D eigenvalue weighted by Crippen LogP contribution is 2.22. The lowest BCUT2D eigenvalue weighted by Crippen LogP contribution is -3.02. The fourth-order valence-corrected chi connectivity index (χ4v) is 1.54. The van der Waals surface area contributed by atoms with Gasteiger partial charge < -0.3 is 14.2 Å². The number of quaternary nitrogens is 1. The van der Waals surface area contributed by atoms with Crippen LogP contribution in [0.15, 0.2) is 29.2 Å². The molecule has 0 atom stereocenters. The number of nitrogens with one attached hydrogen (secondary N) is 1. The Kier molecular flexibility index (Phi) is 7.28. The Morgan fingerprint density at radius 2 is 1.74 bits per heavy atom. The van der Waals surface area contributed by atoms with E-state index in [9.17, 15) is 17.8 Å². The molecule has 0 aromatic heterocycles. The lowest BCUT2D eigenvalue weighted by molar-refractivity contribution is -0.836. The topological polar surface area (TPSA) is 87.9 Å². The summed E-state index contributed by atoms with van der Waals surface area (Å²) in [5.74, 6) is -0.814. The number of hydrogen-bond donors (Lipinski definition) is 1. The second-order valence-electron chi connectivity index (χ2n) is 4.23. The summed E-state index contributed by atoms with van der Waals surface area (Å²) < 4.78 is 37.0. The molecule has 0 aliphatic heterocycles. The van der Waals surface area contributed by atoms with Crippen molar-refractivity contribution < 1.29 is 27.4 Å². The molecule has 0 amide bonds. The van der Waals surface area contributed by atoms with E-state index in [1.165, 1.54) is 23.1 Å². The summed E-state index contributed by atoms with van der Waals surface area (Å²) >= 11 is 0. The number of rotatable bonds is 3. The summed E-state index contributed by atoms with van der Waals surface area (Å²) in [6.45, 7) is 1.57. The van der Waals surface area contributed by atoms with Gasteiger partial charge in [0.05, 0.1) is 26.0 Å². The van der Waals surface area contributed by atoms with Crippen molar-refractivity contribution in [1.82, 2.24) is 0 Å². The zero-order valence-corrected chi connectivity index (χ0v) is 12.3. The molecule has 0 unspecified atom stereocenters. The highest BCUT2D eigenvalue weighted by atomic mass is 32.2. The van der Waals surface area contributed by atoms with Gasteiger partial charge in [0.2, 0.25) is 0 Å². The van der Waals surface area contributed by atoms with Crippen LogP contribution in [-0.2, 0) is 14.9 Å². The predicted molar refractivity (Wildman–Crippen MR) is 69.1 cm³/mol. The van der Waals surface area contributed by atoms with Crippen molar-refractivity contribution in [1.29, 1.82) is 0 Å². The molecule has 0 saturated heterocycles. The van der Waals surface area contributed by atoms with Crippen LogP contribution in [0.3, 0.4) is 0 Å². The lowest BCUT2D eigenvalue weighted by Gasteiger charge is -2.11. The maximum Gasteiger partial charge on any atom is 0.310 e. The van der Waals surface area contributed by atoms with Gasteiger partial charge in [-0.15, -0.1) is 0 Å². The smallest absolute Gasteiger partial charge is 0.310 e. The first-order chi connectivity index (χ1) is 8.68. The molecule has 0 saturated carbocycles. The van der Waals surface area contributed by atoms with E-state index in [0.29, 0.717) is 0 Å². The van der Waals surface area contributed by atoms with Gasteiger partial charge in [-0.3, -0.25) is 4.79 Å². The summed E-state index contributed by atoms with van der Waals surface area (Å²) in [5.41, 5.74) is 0. The molecule has 19 heavy (non-hydrogen) atoms. The molecule has 1 aromatic carbocycles. The molecule has 1 aromatic rings. The molecule has 0 aliphatic carbocycles. The average Bonchev–Trinajstić information content (AvgIpc) is 2.27. The predicted octanol–water partition coefficient (Wildman–Crippen LogP) is -0.333. The molecule has 0 aliphatic rings. The zero-order valence-electron chi connectivity index (χ0n) is 11.5. The van der Waals surface area contributed by atoms with Gasteiger partial charge in [-0.1, -0.05) is 19.1 Å². The molecular weight excluding hydrogens is 270 g/mol. The Morgan fingerprint density at radius 1 is 1.26 bits per heavy atom. The zero-order chi connectivity index (χ0) is 15.1. The number of ether oxygens (including phenoxy) is 1. The second kappa shape index (κ2) is 7.88. The Bertz CT molecular complexity index is 508. The largest absolute Gasteiger partial charge is 0.744 e. The number of hydrogen-bond acceptors (Lipinski definition) is 5. The van der Waals surface area contributed by atoms with Gasteiger partial charge in [-0.2, -0.15) is 0 Å². The van der Waals surface area contributed by atoms with Crippen LogP contribution < -0.4 is 9.64 Å². The van der Waals surface area contributed by atoms with Crippen LogP contribution in [0, 0.1) is 0 Å². The standard InChI is InChI=1S/C9H10O5S.C3H9N/c1-2-9(10)14-7-5-3-4-6-8(7)15(11,12)13;1-4(2)3/h3-6H,2H2,1H3,(H,11,12,13);1-3H3. The number of esters is 1. The monoisotopic (exact) mass is 289 g/mol. The van der Waals surface area contributed by atoms with Crippen molar-refractivity contribution in [3.8, 4) is 5.75 Å². The van der Waals surface area contributed by atoms with Crippen molar-refractivity contribution in [2.75, 3.05) is 21.1 Å². The van der Waals surface area contributed by atoms with Gasteiger partial charge in [0.15, 0.2) is 0 Å². The van der Waals surface area contributed by atoms with Crippen LogP contribution in [0.25, 0.3) is 0 Å². The van der Waals surface area contributed by atoms with Crippen LogP contribution in [0.1, 0.15) is 13.3 Å². The maximum atomic E-state index is 10.9. The molecule has 0 bridgehead atoms. The van der Waals surface area contributed by atoms with E-state index in [1.54, 1.807) is 6.92 Å². The molecule has 1 rings (SSSR count). The Labute approximate surface area is 113 Å². The molecule has 0 radical (unpaired) electrons. The normalized spacial score (nSPS) is 10.6. The van der Waals surface area contributed by atoms with Gasteiger partial charge in [0, 0.05) is 6.42 Å². The van der Waals surface area contributed by atoms with E-state index < -0.39 is 21.0 Å². The van der Waals surface area contributed by atoms with Crippen LogP contribution in [-0.4, -0.2) is 40.1 Å². The van der Waals surface area contributed by atoms with Crippen molar-refractivity contribution in [3.05, 3.63) is 24.3 Å². The third-order valence-electron chi connectivity index (χ3n) is 1.63. The number of carbonyl (C=O) groups excluding carboxylic acids is 1. The molecule has 108 valence electrons. The minimum Gasteiger partial charge on any atom is -0.744 e. The lowest BCUT2D eigenvalue weighted by atomic mass is 10.3. The van der Waals surface area contributed by atoms with E-state index in [1.807, 2.05) is 0 Å². The van der Waals surface area contributed by atoms with Crippen LogP contribution in [0.5, 0.6) is 5.75 Å². The molecule has 6 nitrogen and oxygen atoms in total. The molecule has 0 spiro atoms. The first-order valence-corrected chi connectivity index (χ1v) is 7.11. The van der Waals surface area contributed by atoms with E-state index >= 15 is 0 Å². The van der Waals surface area contributed by atoms with Crippen molar-refractivity contribution in [2.24, 2.45) is 0 Å². The first-order valence-electron chi connectivity index (χ1n) is 5.70. The molecule has 0 fully saturated rings. The van der Waals surface area contributed by atoms with Gasteiger partial charge in [0.25, 0.3) is 0 Å². The number of para-hydroxylation sites is 1. The Balaban J connectivity index is 0.000000711. The van der Waals surface area contributed by atoms with Gasteiger partial charge in [-0.25, -0.2) is 8.42 Å². The summed E-state index contributed by atoms with van der Waals surface area (Å²) in [6, 6.07) is 5.22. The minimum atomic E-state index is -4.61. The first kappa shape index (κ1) is 17.6. The fourth-order valence-electron chi connectivity index (χ4n) is 0.936. The second-order valence-corrected chi connectivity index (χ2v) is 5.58. The Morgan fingerprint density at radius 3 is 2.16 bits per heavy atom. The van der Waals surface area contributed by atoms with Gasteiger partial charge in [0.1, 0.15) is 15.9 Å². The highest BCUT2D eigenvalue weighted by molar-refractivity contribution is 7.85. The van der Waals surface area contributed by atoms with Crippen LogP contribution in [0.2, 0.25) is 0 Å². The molecule has 7 heteroatoms. The van der Waals surface area contributed by atoms with Gasteiger partial charge >= 0.3 is 5.97 Å². The van der Waals surface area contributed by atoms with Crippen molar-refractivity contribution in [3.63, 3.8) is 0 Å². The summed E-state index contributed by atoms with van der Waals surface area (Å²) in [5, 5.41) is 0. The highest BCUT2D eigenvalue weighted by Gasteiger charge is 2.11. The SMILES string of the molecule is CCC(=O)Oc1ccccc1S(=O)(=O)[O-].C[NH+](C)C. The quantitative estimate of drug-likeness (QED) is 0.467. The Hall–Kier alpha value is -1.44. The summed E-state index contributed by atoms with van der Waals surface area (Å²) in [7, 11) is 1.64. The van der Waals surface area contributed by atoms with E-state index in [-0.39, 0.29) is 12.2 Å². The average molecular weight is 289 g/mol. The molecule has 1 N–H and O–H groups in total. The van der Waals surface area contributed by atoms with E-state index in [0.717, 1.165) is 6.07 Å². The number of benzene rings is 1. The molecule has 0 heterocycles. The van der Waals surface area contributed by atoms with Gasteiger partial charge in [-0.05, 0) is 12.1 Å². The summed E-state index contributed by atoms with van der Waals surface area (Å²) in [6.07, 6.45) is 0.104. The maximum absolute atomic E-state index is 10.9. The minimum absolute atomic E-state index is 0.104.